The van der Waals surface area contributed by atoms with Crippen molar-refractivity contribution >= 4 is 23.9 Å². The van der Waals surface area contributed by atoms with E-state index in [1.165, 1.54) is 28.4 Å². The predicted molar refractivity (Wildman–Crippen MR) is 167 cm³/mol. The van der Waals surface area contributed by atoms with E-state index in [-0.39, 0.29) is 36.8 Å². The summed E-state index contributed by atoms with van der Waals surface area (Å²) in [6.07, 6.45) is 3.41. The molecule has 0 aromatic carbocycles. The van der Waals surface area contributed by atoms with E-state index in [4.69, 9.17) is 18.9 Å². The minimum Gasteiger partial charge on any atom is -0.468 e. The minimum atomic E-state index is -1.50. The zero-order valence-electron chi connectivity index (χ0n) is 28.0. The highest BCUT2D eigenvalue weighted by molar-refractivity contribution is 6.02. The van der Waals surface area contributed by atoms with Crippen LogP contribution in [0.5, 0.6) is 0 Å². The maximum atomic E-state index is 13.3. The maximum Gasteiger partial charge on any atom is 0.323 e. The van der Waals surface area contributed by atoms with Gasteiger partial charge in [-0.3, -0.25) is 28.8 Å². The summed E-state index contributed by atoms with van der Waals surface area (Å²) in [6.45, 7) is 8.07. The summed E-state index contributed by atoms with van der Waals surface area (Å²) < 4.78 is 23.3. The first kappa shape index (κ1) is 34.6. The summed E-state index contributed by atoms with van der Waals surface area (Å²) in [4.78, 5) is 77.6. The Morgan fingerprint density at radius 3 is 1.09 bits per heavy atom. The van der Waals surface area contributed by atoms with Crippen molar-refractivity contribution < 1.29 is 38.1 Å². The number of carbonyl (C=O) groups excluding carboxylic acids is 4. The summed E-state index contributed by atoms with van der Waals surface area (Å²) >= 11 is 0. The number of nitrogens with zero attached hydrogens (tertiary/aromatic N) is 2. The number of aromatic nitrogens is 2. The van der Waals surface area contributed by atoms with Gasteiger partial charge >= 0.3 is 23.9 Å². The first-order valence-electron chi connectivity index (χ1n) is 15.5. The Balaban J connectivity index is 1.44. The fourth-order valence-corrected chi connectivity index (χ4v) is 7.42. The molecule has 2 aromatic rings. The molecule has 250 valence electrons. The lowest BCUT2D eigenvalue weighted by atomic mass is 9.84. The van der Waals surface area contributed by atoms with Gasteiger partial charge in [0.05, 0.1) is 28.4 Å². The molecule has 0 fully saturated rings. The van der Waals surface area contributed by atoms with Gasteiger partial charge < -0.3 is 28.1 Å². The number of pyridine rings is 2. The van der Waals surface area contributed by atoms with Crippen LogP contribution >= 0.6 is 0 Å². The Morgan fingerprint density at radius 2 is 0.804 bits per heavy atom. The number of ether oxygens (including phenoxy) is 4. The molecular weight excluding hydrogens is 596 g/mol. The molecule has 46 heavy (non-hydrogen) atoms. The molecule has 2 aliphatic carbocycles. The number of hydrogen-bond donors (Lipinski definition) is 0. The zero-order chi connectivity index (χ0) is 34.1. The Bertz CT molecular complexity index is 1560. The van der Waals surface area contributed by atoms with Gasteiger partial charge in [-0.1, -0.05) is 12.8 Å². The van der Waals surface area contributed by atoms with Gasteiger partial charge in [0.15, 0.2) is 10.8 Å². The van der Waals surface area contributed by atoms with Gasteiger partial charge in [0.25, 0.3) is 11.1 Å². The maximum absolute atomic E-state index is 13.3. The fourth-order valence-electron chi connectivity index (χ4n) is 7.42. The van der Waals surface area contributed by atoms with Gasteiger partial charge in [-0.2, -0.15) is 0 Å². The van der Waals surface area contributed by atoms with Crippen LogP contribution in [-0.4, -0.2) is 61.5 Å². The van der Waals surface area contributed by atoms with Crippen LogP contribution in [0.25, 0.3) is 0 Å². The number of methoxy groups -OCH3 is 4. The molecule has 0 radical (unpaired) electrons. The third-order valence-corrected chi connectivity index (χ3v) is 10.2. The fraction of sp³-hybridized carbons (Fsp3) is 0.588. The Kier molecular flexibility index (Phi) is 9.98. The second-order valence-corrected chi connectivity index (χ2v) is 12.5. The van der Waals surface area contributed by atoms with Crippen LogP contribution in [0.1, 0.15) is 70.5 Å². The summed E-state index contributed by atoms with van der Waals surface area (Å²) in [5, 5.41) is 0. The molecule has 12 heteroatoms. The van der Waals surface area contributed by atoms with Crippen molar-refractivity contribution in [1.82, 2.24) is 9.13 Å². The van der Waals surface area contributed by atoms with Crippen molar-refractivity contribution in [2.75, 3.05) is 28.4 Å². The molecule has 0 bridgehead atoms. The van der Waals surface area contributed by atoms with Crippen molar-refractivity contribution in [1.29, 1.82) is 0 Å². The van der Waals surface area contributed by atoms with Crippen LogP contribution in [-0.2, 0) is 76.9 Å². The second kappa shape index (κ2) is 13.3. The van der Waals surface area contributed by atoms with Crippen molar-refractivity contribution in [3.63, 3.8) is 0 Å². The number of unbranched alkanes of at least 4 members (excludes halogenated alkanes) is 3. The molecular formula is C34H44N2O10. The minimum absolute atomic E-state index is 0.0672. The molecule has 2 aromatic heterocycles. The molecule has 0 unspecified atom stereocenters. The summed E-state index contributed by atoms with van der Waals surface area (Å²) in [7, 11) is 4.94. The smallest absolute Gasteiger partial charge is 0.323 e. The first-order chi connectivity index (χ1) is 21.8. The quantitative estimate of drug-likeness (QED) is 0.155. The predicted octanol–water partition coefficient (Wildman–Crippen LogP) is 2.37. The highest BCUT2D eigenvalue weighted by Crippen LogP contribution is 2.42. The third-order valence-electron chi connectivity index (χ3n) is 10.2. The molecule has 4 rings (SSSR count). The Morgan fingerprint density at radius 1 is 0.522 bits per heavy atom. The topological polar surface area (TPSA) is 149 Å². The van der Waals surface area contributed by atoms with E-state index in [2.05, 4.69) is 0 Å². The zero-order valence-corrected chi connectivity index (χ0v) is 28.0. The van der Waals surface area contributed by atoms with Gasteiger partial charge in [0.2, 0.25) is 0 Å². The molecule has 0 saturated carbocycles. The van der Waals surface area contributed by atoms with Gasteiger partial charge in [0.1, 0.15) is 0 Å². The van der Waals surface area contributed by atoms with Crippen LogP contribution in [0.15, 0.2) is 9.59 Å². The lowest BCUT2D eigenvalue weighted by Gasteiger charge is -2.22. The van der Waals surface area contributed by atoms with Crippen LogP contribution < -0.4 is 11.1 Å². The molecule has 2 aliphatic rings. The van der Waals surface area contributed by atoms with E-state index in [1.807, 2.05) is 13.8 Å². The highest BCUT2D eigenvalue weighted by atomic mass is 16.6. The van der Waals surface area contributed by atoms with E-state index in [0.717, 1.165) is 48.2 Å². The lowest BCUT2D eigenvalue weighted by Crippen LogP contribution is -2.42. The number of hydrogen-bond acceptors (Lipinski definition) is 10. The van der Waals surface area contributed by atoms with Crippen LogP contribution in [0.2, 0.25) is 0 Å². The standard InChI is InChI=1S/C34H44N2O10/c1-19-23-15-33(29(39)43-5,30(40)44-6)17-25(23)21(3)35(27(19)37)13-11-9-10-12-14-36-22(4)26-18-34(31(41)45-7,32(42)46-8)16-24(26)20(2)28(36)38/h9-18H2,1-8H3. The van der Waals surface area contributed by atoms with Crippen molar-refractivity contribution in [2.45, 2.75) is 92.2 Å². The van der Waals surface area contributed by atoms with Crippen molar-refractivity contribution in [3.05, 3.63) is 65.5 Å². The van der Waals surface area contributed by atoms with Gasteiger partial charge in [0, 0.05) is 61.3 Å². The van der Waals surface area contributed by atoms with Gasteiger partial charge in [-0.15, -0.1) is 0 Å². The van der Waals surface area contributed by atoms with Gasteiger partial charge in [-0.05, 0) is 62.8 Å². The lowest BCUT2D eigenvalue weighted by molar-refractivity contribution is -0.170. The summed E-state index contributed by atoms with van der Waals surface area (Å²) in [5.74, 6) is -2.69. The van der Waals surface area contributed by atoms with Crippen LogP contribution in [0.3, 0.4) is 0 Å². The van der Waals surface area contributed by atoms with E-state index < -0.39 is 34.7 Å². The normalized spacial score (nSPS) is 15.6. The largest absolute Gasteiger partial charge is 0.468 e. The summed E-state index contributed by atoms with van der Waals surface area (Å²) in [6, 6.07) is 0. The molecule has 0 aliphatic heterocycles. The average molecular weight is 641 g/mol. The molecule has 0 saturated heterocycles. The SMILES string of the molecule is COC(=O)C1(C(=O)OC)Cc2c(c(C)n(CCCCCCn3c(C)c4c(c(C)c3=O)CC(C(=O)OC)(C(=O)OC)C4)c(=O)c2C)C1. The number of rotatable bonds is 11. The van der Waals surface area contributed by atoms with Crippen molar-refractivity contribution in [2.24, 2.45) is 10.8 Å². The number of fused-ring (bicyclic) bond motifs is 2. The van der Waals surface area contributed by atoms with Crippen LogP contribution in [0.4, 0.5) is 0 Å². The van der Waals surface area contributed by atoms with E-state index >= 15 is 0 Å². The monoisotopic (exact) mass is 640 g/mol. The summed E-state index contributed by atoms with van der Waals surface area (Å²) in [5.41, 5.74) is 2.21. The second-order valence-electron chi connectivity index (χ2n) is 12.5. The molecule has 0 spiro atoms. The van der Waals surface area contributed by atoms with Crippen molar-refractivity contribution in [3.8, 4) is 0 Å². The highest BCUT2D eigenvalue weighted by Gasteiger charge is 2.55. The Labute approximate surface area is 268 Å². The van der Waals surface area contributed by atoms with E-state index in [0.29, 0.717) is 35.3 Å². The molecule has 0 N–H and O–H groups in total. The molecule has 0 atom stereocenters. The average Bonchev–Trinajstić information content (AvgIpc) is 3.68. The third kappa shape index (κ3) is 5.45. The van der Waals surface area contributed by atoms with E-state index in [9.17, 15) is 28.8 Å². The van der Waals surface area contributed by atoms with Gasteiger partial charge in [-0.25, -0.2) is 0 Å². The first-order valence-corrected chi connectivity index (χ1v) is 15.5. The van der Waals surface area contributed by atoms with Crippen LogP contribution in [0, 0.1) is 38.5 Å². The van der Waals surface area contributed by atoms with E-state index in [1.54, 1.807) is 23.0 Å². The molecule has 2 heterocycles. The Hall–Kier alpha value is -4.22. The molecule has 0 amide bonds. The number of carbonyl (C=O) groups is 4. The molecule has 12 nitrogen and oxygen atoms in total. The number of esters is 4.